The van der Waals surface area contributed by atoms with E-state index in [0.717, 1.165) is 39.9 Å². The molecule has 2 fully saturated rings. The van der Waals surface area contributed by atoms with Gasteiger partial charge in [-0.1, -0.05) is 38.5 Å². The van der Waals surface area contributed by atoms with Crippen molar-refractivity contribution >= 4 is 0 Å². The van der Waals surface area contributed by atoms with Gasteiger partial charge < -0.3 is 20.4 Å². The van der Waals surface area contributed by atoms with E-state index in [9.17, 15) is 5.11 Å². The van der Waals surface area contributed by atoms with E-state index in [-0.39, 0.29) is 6.10 Å². The molecule has 0 aromatic carbocycles. The van der Waals surface area contributed by atoms with E-state index in [0.29, 0.717) is 0 Å². The second-order valence-electron chi connectivity index (χ2n) is 5.35. The highest BCUT2D eigenvalue weighted by atomic mass is 16.3. The molecule has 2 aliphatic carbocycles. The molecular formula is C15H34O4. The van der Waals surface area contributed by atoms with Gasteiger partial charge in [0.1, 0.15) is 0 Å². The molecule has 4 heteroatoms. The Morgan fingerprint density at radius 3 is 1.21 bits per heavy atom. The first-order valence-electron chi connectivity index (χ1n) is 7.40. The van der Waals surface area contributed by atoms with Crippen LogP contribution in [0.1, 0.15) is 71.1 Å². The highest BCUT2D eigenvalue weighted by molar-refractivity contribution is 4.80. The Kier molecular flexibility index (Phi) is 15.9. The van der Waals surface area contributed by atoms with Crippen molar-refractivity contribution in [3.8, 4) is 0 Å². The van der Waals surface area contributed by atoms with Crippen LogP contribution in [-0.2, 0) is 0 Å². The average Bonchev–Trinajstić information content (AvgIpc) is 2.49. The smallest absolute Gasteiger partial charge is 0.0621 e. The van der Waals surface area contributed by atoms with Crippen LogP contribution in [0.3, 0.4) is 0 Å². The molecule has 19 heavy (non-hydrogen) atoms. The van der Waals surface area contributed by atoms with Crippen LogP contribution in [0.4, 0.5) is 0 Å². The summed E-state index contributed by atoms with van der Waals surface area (Å²) in [6.45, 7) is 1.83. The van der Waals surface area contributed by atoms with E-state index in [1.807, 2.05) is 6.92 Å². The lowest BCUT2D eigenvalue weighted by atomic mass is 9.85. The minimum absolute atomic E-state index is 0.162. The molecule has 0 aromatic heterocycles. The van der Waals surface area contributed by atoms with Gasteiger partial charge in [-0.2, -0.15) is 0 Å². The highest BCUT2D eigenvalue weighted by Gasteiger charge is 2.27. The lowest BCUT2D eigenvalue weighted by Crippen LogP contribution is -2.32. The Morgan fingerprint density at radius 1 is 0.737 bits per heavy atom. The summed E-state index contributed by atoms with van der Waals surface area (Å²) in [6.07, 6.45) is 11.8. The maximum absolute atomic E-state index is 9.38. The van der Waals surface area contributed by atoms with Crippen LogP contribution in [0.5, 0.6) is 0 Å². The van der Waals surface area contributed by atoms with Crippen molar-refractivity contribution in [3.05, 3.63) is 0 Å². The van der Waals surface area contributed by atoms with Crippen molar-refractivity contribution in [1.82, 2.24) is 0 Å². The molecule has 0 unspecified atom stereocenters. The Balaban J connectivity index is 0. The van der Waals surface area contributed by atoms with E-state index in [1.54, 1.807) is 0 Å². The largest absolute Gasteiger partial charge is 0.400 e. The number of aliphatic hydroxyl groups excluding tert-OH is 3. The predicted molar refractivity (Wildman–Crippen MR) is 79.1 cm³/mol. The summed E-state index contributed by atoms with van der Waals surface area (Å²) in [5.41, 5.74) is -0.501. The van der Waals surface area contributed by atoms with Gasteiger partial charge in [0.15, 0.2) is 0 Å². The van der Waals surface area contributed by atoms with Gasteiger partial charge >= 0.3 is 0 Å². The first-order chi connectivity index (χ1) is 9.10. The summed E-state index contributed by atoms with van der Waals surface area (Å²) < 4.78 is 0. The predicted octanol–water partition coefficient (Wildman–Crippen LogP) is 2.23. The Bertz CT molecular complexity index is 146. The molecule has 2 saturated carbocycles. The third-order valence-electron chi connectivity index (χ3n) is 3.53. The van der Waals surface area contributed by atoms with Crippen LogP contribution in [0, 0.1) is 0 Å². The minimum atomic E-state index is -0.501. The summed E-state index contributed by atoms with van der Waals surface area (Å²) in [7, 11) is 2.00. The zero-order valence-corrected chi connectivity index (χ0v) is 12.9. The number of rotatable bonds is 0. The van der Waals surface area contributed by atoms with Crippen molar-refractivity contribution in [3.63, 3.8) is 0 Å². The van der Waals surface area contributed by atoms with E-state index >= 15 is 0 Å². The van der Waals surface area contributed by atoms with E-state index in [4.69, 9.17) is 15.3 Å². The van der Waals surface area contributed by atoms with Gasteiger partial charge in [0, 0.05) is 14.2 Å². The minimum Gasteiger partial charge on any atom is -0.400 e. The molecule has 0 atom stereocenters. The van der Waals surface area contributed by atoms with E-state index < -0.39 is 5.60 Å². The maximum Gasteiger partial charge on any atom is 0.0621 e. The van der Waals surface area contributed by atoms with Crippen LogP contribution in [0.2, 0.25) is 0 Å². The van der Waals surface area contributed by atoms with Crippen LogP contribution >= 0.6 is 0 Å². The normalized spacial score (nSPS) is 29.5. The lowest BCUT2D eigenvalue weighted by Gasteiger charge is -2.30. The standard InChI is InChI=1S/C7H14O2.C6H12.2CH4O/c1-7(9)4-2-6(8)3-5-7;1-2-4-6-5-3-1;2*1-2/h6,8-9H,2-5H2,1H3;1-6H2;2*2H,1H3. The van der Waals surface area contributed by atoms with E-state index in [1.165, 1.54) is 38.5 Å². The van der Waals surface area contributed by atoms with Crippen molar-refractivity contribution < 1.29 is 20.4 Å². The molecular weight excluding hydrogens is 244 g/mol. The molecule has 0 amide bonds. The Hall–Kier alpha value is -0.160. The summed E-state index contributed by atoms with van der Waals surface area (Å²) in [4.78, 5) is 0. The van der Waals surface area contributed by atoms with Crippen LogP contribution in [-0.4, -0.2) is 46.4 Å². The molecule has 0 bridgehead atoms. The zero-order valence-electron chi connectivity index (χ0n) is 12.9. The highest BCUT2D eigenvalue weighted by Crippen LogP contribution is 2.27. The van der Waals surface area contributed by atoms with Gasteiger partial charge in [-0.3, -0.25) is 0 Å². The van der Waals surface area contributed by atoms with E-state index in [2.05, 4.69) is 0 Å². The topological polar surface area (TPSA) is 80.9 Å². The molecule has 2 aliphatic rings. The third-order valence-corrected chi connectivity index (χ3v) is 3.53. The summed E-state index contributed by atoms with van der Waals surface area (Å²) in [5, 5.41) is 32.4. The summed E-state index contributed by atoms with van der Waals surface area (Å²) in [6, 6.07) is 0. The van der Waals surface area contributed by atoms with Gasteiger partial charge in [0.2, 0.25) is 0 Å². The molecule has 4 N–H and O–H groups in total. The van der Waals surface area contributed by atoms with Crippen LogP contribution in [0.15, 0.2) is 0 Å². The third kappa shape index (κ3) is 14.1. The fraction of sp³-hybridized carbons (Fsp3) is 1.00. The second kappa shape index (κ2) is 14.3. The molecule has 0 aliphatic heterocycles. The molecule has 4 nitrogen and oxygen atoms in total. The summed E-state index contributed by atoms with van der Waals surface area (Å²) >= 11 is 0. The zero-order chi connectivity index (χ0) is 15.1. The lowest BCUT2D eigenvalue weighted by molar-refractivity contribution is -0.0175. The molecule has 2 rings (SSSR count). The van der Waals surface area contributed by atoms with Crippen LogP contribution < -0.4 is 0 Å². The Morgan fingerprint density at radius 2 is 1.00 bits per heavy atom. The molecule has 0 spiro atoms. The van der Waals surface area contributed by atoms with Gasteiger partial charge in [-0.25, -0.2) is 0 Å². The fourth-order valence-electron chi connectivity index (χ4n) is 2.29. The van der Waals surface area contributed by atoms with Gasteiger partial charge in [0.25, 0.3) is 0 Å². The molecule has 0 saturated heterocycles. The molecule has 118 valence electrons. The summed E-state index contributed by atoms with van der Waals surface area (Å²) in [5.74, 6) is 0. The average molecular weight is 278 g/mol. The SMILES string of the molecule is C1CCCCC1.CC1(O)CCC(O)CC1.CO.CO. The number of aliphatic hydroxyl groups is 4. The van der Waals surface area contributed by atoms with Crippen molar-refractivity contribution in [2.75, 3.05) is 14.2 Å². The first kappa shape index (κ1) is 21.1. The Labute approximate surface area is 118 Å². The fourth-order valence-corrected chi connectivity index (χ4v) is 2.29. The monoisotopic (exact) mass is 278 g/mol. The quantitative estimate of drug-likeness (QED) is 0.548. The molecule has 0 aromatic rings. The first-order valence-corrected chi connectivity index (χ1v) is 7.40. The second-order valence-corrected chi connectivity index (χ2v) is 5.35. The van der Waals surface area contributed by atoms with Crippen molar-refractivity contribution in [2.24, 2.45) is 0 Å². The van der Waals surface area contributed by atoms with Gasteiger partial charge in [-0.05, 0) is 32.6 Å². The maximum atomic E-state index is 9.38. The van der Waals surface area contributed by atoms with Gasteiger partial charge in [0.05, 0.1) is 11.7 Å². The molecule has 0 radical (unpaired) electrons. The molecule has 0 heterocycles. The number of hydrogen-bond donors (Lipinski definition) is 4. The van der Waals surface area contributed by atoms with Crippen molar-refractivity contribution in [2.45, 2.75) is 82.8 Å². The van der Waals surface area contributed by atoms with Gasteiger partial charge in [-0.15, -0.1) is 0 Å². The van der Waals surface area contributed by atoms with Crippen LogP contribution in [0.25, 0.3) is 0 Å². The number of hydrogen-bond acceptors (Lipinski definition) is 4. The van der Waals surface area contributed by atoms with Crippen molar-refractivity contribution in [1.29, 1.82) is 0 Å².